The van der Waals surface area contributed by atoms with Crippen LogP contribution in [0.5, 0.6) is 0 Å². The Morgan fingerprint density at radius 1 is 1.00 bits per heavy atom. The molecule has 9 nitrogen and oxygen atoms in total. The lowest BCUT2D eigenvalue weighted by molar-refractivity contribution is -0.0483. The van der Waals surface area contributed by atoms with Gasteiger partial charge in [-0.25, -0.2) is 22.0 Å². The molecule has 0 saturated heterocycles. The maximum atomic E-state index is 13.5. The van der Waals surface area contributed by atoms with Crippen molar-refractivity contribution < 1.29 is 32.3 Å². The second kappa shape index (κ2) is 10.7. The fourth-order valence-corrected chi connectivity index (χ4v) is 5.82. The zero-order valence-corrected chi connectivity index (χ0v) is 24.0. The van der Waals surface area contributed by atoms with Crippen molar-refractivity contribution in [2.45, 2.75) is 70.5 Å². The number of hydroxylamine groups is 1. The molecule has 0 saturated carbocycles. The first kappa shape index (κ1) is 28.5. The standard InChI is InChI=1S/C26H31BrN2O7S/c1-17-20(14-15-26(5,6)35-24(31)36-28-23(30)34-25(2,3)4)21-16-18(27)12-13-22(21)29(17)37(32,33)19-10-8-7-9-11-19/h7-13,16H,14-15H2,1-6H3,(H,28,30). The molecule has 3 aromatic rings. The molecule has 0 radical (unpaired) electrons. The van der Waals surface area contributed by atoms with E-state index in [9.17, 15) is 18.0 Å². The van der Waals surface area contributed by atoms with Crippen LogP contribution in [-0.4, -0.2) is 35.8 Å². The van der Waals surface area contributed by atoms with Gasteiger partial charge in [0, 0.05) is 15.6 Å². The molecule has 11 heteroatoms. The van der Waals surface area contributed by atoms with E-state index in [4.69, 9.17) is 9.47 Å². The van der Waals surface area contributed by atoms with E-state index in [1.807, 2.05) is 11.5 Å². The minimum Gasteiger partial charge on any atom is -0.442 e. The van der Waals surface area contributed by atoms with E-state index in [2.05, 4.69) is 20.8 Å². The van der Waals surface area contributed by atoms with E-state index in [-0.39, 0.29) is 4.90 Å². The topological polar surface area (TPSA) is 113 Å². The molecule has 0 atom stereocenters. The highest BCUT2D eigenvalue weighted by Crippen LogP contribution is 2.34. The van der Waals surface area contributed by atoms with Crippen LogP contribution in [0.15, 0.2) is 57.9 Å². The van der Waals surface area contributed by atoms with Crippen molar-refractivity contribution in [3.8, 4) is 0 Å². The van der Waals surface area contributed by atoms with E-state index >= 15 is 0 Å². The smallest absolute Gasteiger partial charge is 0.442 e. The minimum absolute atomic E-state index is 0.188. The number of hydrogen-bond acceptors (Lipinski definition) is 7. The first-order valence-corrected chi connectivity index (χ1v) is 13.8. The van der Waals surface area contributed by atoms with E-state index in [1.54, 1.807) is 84.0 Å². The average Bonchev–Trinajstić information content (AvgIpc) is 3.06. The maximum Gasteiger partial charge on any atom is 0.533 e. The molecule has 0 aliphatic carbocycles. The molecular formula is C26H31BrN2O7S. The molecule has 0 aliphatic rings. The summed E-state index contributed by atoms with van der Waals surface area (Å²) in [4.78, 5) is 28.7. The van der Waals surface area contributed by atoms with Crippen molar-refractivity contribution >= 4 is 49.1 Å². The number of fused-ring (bicyclic) bond motifs is 1. The highest BCUT2D eigenvalue weighted by molar-refractivity contribution is 9.10. The number of halogens is 1. The van der Waals surface area contributed by atoms with Crippen molar-refractivity contribution in [1.29, 1.82) is 0 Å². The number of carbonyl (C=O) groups excluding carboxylic acids is 2. The first-order chi connectivity index (χ1) is 17.1. The van der Waals surface area contributed by atoms with Gasteiger partial charge in [-0.2, -0.15) is 0 Å². The van der Waals surface area contributed by atoms with E-state index in [0.717, 1.165) is 15.4 Å². The van der Waals surface area contributed by atoms with Gasteiger partial charge in [0.1, 0.15) is 11.2 Å². The van der Waals surface area contributed by atoms with Gasteiger partial charge in [0.2, 0.25) is 0 Å². The van der Waals surface area contributed by atoms with Gasteiger partial charge in [0.05, 0.1) is 10.4 Å². The van der Waals surface area contributed by atoms with Crippen LogP contribution in [0.1, 0.15) is 52.3 Å². The second-order valence-corrected chi connectivity index (χ2v) is 12.8. The Labute approximate surface area is 225 Å². The summed E-state index contributed by atoms with van der Waals surface area (Å²) in [7, 11) is -3.85. The molecule has 1 N–H and O–H groups in total. The van der Waals surface area contributed by atoms with E-state index in [1.165, 1.54) is 3.97 Å². The van der Waals surface area contributed by atoms with E-state index in [0.29, 0.717) is 24.1 Å². The molecule has 37 heavy (non-hydrogen) atoms. The molecule has 0 spiro atoms. The van der Waals surface area contributed by atoms with Crippen LogP contribution in [-0.2, 0) is 30.8 Å². The Bertz CT molecular complexity index is 1410. The molecular weight excluding hydrogens is 564 g/mol. The van der Waals surface area contributed by atoms with Gasteiger partial charge >= 0.3 is 12.2 Å². The fraction of sp³-hybridized carbons (Fsp3) is 0.385. The Kier molecular flexibility index (Phi) is 8.28. The van der Waals surface area contributed by atoms with Crippen LogP contribution in [0, 0.1) is 6.92 Å². The average molecular weight is 596 g/mol. The van der Waals surface area contributed by atoms with Crippen LogP contribution >= 0.6 is 15.9 Å². The lowest BCUT2D eigenvalue weighted by Gasteiger charge is -2.25. The normalized spacial score (nSPS) is 12.3. The third-order valence-electron chi connectivity index (χ3n) is 5.48. The van der Waals surface area contributed by atoms with Crippen molar-refractivity contribution in [1.82, 2.24) is 9.45 Å². The molecule has 3 rings (SSSR count). The van der Waals surface area contributed by atoms with Crippen molar-refractivity contribution in [2.75, 3.05) is 0 Å². The Morgan fingerprint density at radius 2 is 1.65 bits per heavy atom. The molecule has 1 amide bonds. The Hall–Kier alpha value is -3.05. The lowest BCUT2D eigenvalue weighted by Crippen LogP contribution is -2.36. The summed E-state index contributed by atoms with van der Waals surface area (Å²) in [6.07, 6.45) is -1.25. The number of nitrogens with one attached hydrogen (secondary N) is 1. The fourth-order valence-electron chi connectivity index (χ4n) is 3.85. The number of aromatic nitrogens is 1. The van der Waals surface area contributed by atoms with Crippen molar-refractivity contribution in [2.24, 2.45) is 0 Å². The number of ether oxygens (including phenoxy) is 2. The zero-order valence-electron chi connectivity index (χ0n) is 21.6. The van der Waals surface area contributed by atoms with Crippen LogP contribution < -0.4 is 5.48 Å². The van der Waals surface area contributed by atoms with Crippen molar-refractivity contribution in [3.63, 3.8) is 0 Å². The van der Waals surface area contributed by atoms with Gasteiger partial charge in [0.15, 0.2) is 0 Å². The molecule has 200 valence electrons. The third-order valence-corrected chi connectivity index (χ3v) is 7.79. The van der Waals surface area contributed by atoms with Crippen LogP contribution in [0.3, 0.4) is 0 Å². The number of benzene rings is 2. The predicted molar refractivity (Wildman–Crippen MR) is 143 cm³/mol. The highest BCUT2D eigenvalue weighted by Gasteiger charge is 2.29. The predicted octanol–water partition coefficient (Wildman–Crippen LogP) is 6.25. The quantitative estimate of drug-likeness (QED) is 0.265. The highest BCUT2D eigenvalue weighted by atomic mass is 79.9. The lowest BCUT2D eigenvalue weighted by atomic mass is 9.97. The van der Waals surface area contributed by atoms with Gasteiger partial charge in [-0.15, -0.1) is 5.48 Å². The van der Waals surface area contributed by atoms with E-state index < -0.39 is 33.5 Å². The van der Waals surface area contributed by atoms with Crippen LogP contribution in [0.25, 0.3) is 10.9 Å². The summed E-state index contributed by atoms with van der Waals surface area (Å²) < 4.78 is 39.7. The van der Waals surface area contributed by atoms with Gasteiger partial charge in [-0.05, 0) is 90.3 Å². The first-order valence-electron chi connectivity index (χ1n) is 11.6. The summed E-state index contributed by atoms with van der Waals surface area (Å²) in [5.74, 6) is 0. The monoisotopic (exact) mass is 594 g/mol. The minimum atomic E-state index is -3.85. The molecule has 1 aromatic heterocycles. The number of carbonyl (C=O) groups is 2. The van der Waals surface area contributed by atoms with Gasteiger partial charge in [0.25, 0.3) is 10.0 Å². The summed E-state index contributed by atoms with van der Waals surface area (Å²) in [6.45, 7) is 10.2. The van der Waals surface area contributed by atoms with Gasteiger partial charge < -0.3 is 14.3 Å². The second-order valence-electron chi connectivity index (χ2n) is 10.1. The molecule has 0 unspecified atom stereocenters. The van der Waals surface area contributed by atoms with Crippen LogP contribution in [0.4, 0.5) is 9.59 Å². The molecule has 0 aliphatic heterocycles. The molecule has 0 fully saturated rings. The zero-order chi connectivity index (χ0) is 27.6. The number of rotatable bonds is 6. The number of hydrogen-bond donors (Lipinski definition) is 1. The molecule has 1 heterocycles. The number of aryl methyl sites for hydroxylation is 1. The maximum absolute atomic E-state index is 13.5. The van der Waals surface area contributed by atoms with Gasteiger partial charge in [-0.1, -0.05) is 34.1 Å². The third kappa shape index (κ3) is 7.04. The number of amides is 1. The van der Waals surface area contributed by atoms with Crippen molar-refractivity contribution in [3.05, 3.63) is 64.3 Å². The summed E-state index contributed by atoms with van der Waals surface area (Å²) in [5, 5.41) is 0.774. The van der Waals surface area contributed by atoms with Gasteiger partial charge in [-0.3, -0.25) is 0 Å². The summed E-state index contributed by atoms with van der Waals surface area (Å²) >= 11 is 3.48. The Balaban J connectivity index is 1.81. The molecule has 2 aromatic carbocycles. The Morgan fingerprint density at radius 3 is 2.27 bits per heavy atom. The summed E-state index contributed by atoms with van der Waals surface area (Å²) in [5.41, 5.74) is 2.10. The summed E-state index contributed by atoms with van der Waals surface area (Å²) in [6, 6.07) is 13.7. The molecule has 0 bridgehead atoms. The number of nitrogens with zero attached hydrogens (tertiary/aromatic N) is 1. The SMILES string of the molecule is Cc1c(CCC(C)(C)OC(=O)ONC(=O)OC(C)(C)C)c2cc(Br)ccc2n1S(=O)(=O)c1ccccc1. The largest absolute Gasteiger partial charge is 0.533 e. The van der Waals surface area contributed by atoms with Crippen LogP contribution in [0.2, 0.25) is 0 Å².